The van der Waals surface area contributed by atoms with Crippen molar-refractivity contribution in [1.82, 2.24) is 15.3 Å². The molecule has 11 nitrogen and oxygen atoms in total. The van der Waals surface area contributed by atoms with Crippen molar-refractivity contribution in [1.29, 1.82) is 0 Å². The number of aromatic nitrogens is 2. The van der Waals surface area contributed by atoms with Gasteiger partial charge in [-0.15, -0.1) is 11.8 Å². The van der Waals surface area contributed by atoms with Gasteiger partial charge in [-0.1, -0.05) is 0 Å². The number of hydrogen-bond acceptors (Lipinski definition) is 9. The van der Waals surface area contributed by atoms with Gasteiger partial charge in [-0.05, 0) is 35.9 Å². The van der Waals surface area contributed by atoms with Gasteiger partial charge in [0.25, 0.3) is 0 Å². The molecule has 1 saturated heterocycles. The van der Waals surface area contributed by atoms with Crippen molar-refractivity contribution in [3.63, 3.8) is 0 Å². The first-order valence-electron chi connectivity index (χ1n) is 11.2. The number of rotatable bonds is 7. The number of ether oxygens (including phenoxy) is 2. The molecule has 3 N–H and O–H groups in total. The summed E-state index contributed by atoms with van der Waals surface area (Å²) < 4.78 is 10.6. The molecular formula is C24H23N5O6S. The third-order valence-corrected chi connectivity index (χ3v) is 6.93. The number of anilines is 2. The summed E-state index contributed by atoms with van der Waals surface area (Å²) >= 11 is 1.43. The molecular weight excluding hydrogens is 486 g/mol. The fourth-order valence-corrected chi connectivity index (χ4v) is 4.84. The molecule has 0 aliphatic carbocycles. The highest BCUT2D eigenvalue weighted by molar-refractivity contribution is 8.00. The number of nitrogens with one attached hydrogen (secondary N) is 2. The van der Waals surface area contributed by atoms with Crippen LogP contribution < -0.4 is 20.3 Å². The Kier molecular flexibility index (Phi) is 6.61. The smallest absolute Gasteiger partial charge is 0.414 e. The first-order valence-corrected chi connectivity index (χ1v) is 12.2. The average Bonchev–Trinajstić information content (AvgIpc) is 3.27. The Morgan fingerprint density at radius 3 is 3.03 bits per heavy atom. The number of pyridine rings is 2. The molecule has 0 spiro atoms. The Morgan fingerprint density at radius 2 is 2.19 bits per heavy atom. The predicted octanol–water partition coefficient (Wildman–Crippen LogP) is 1.73. The lowest BCUT2D eigenvalue weighted by molar-refractivity contribution is -0.129. The molecule has 2 aliphatic heterocycles. The Hall–Kier alpha value is -3.90. The van der Waals surface area contributed by atoms with E-state index in [0.717, 1.165) is 4.90 Å². The molecule has 5 rings (SSSR count). The quantitative estimate of drug-likeness (QED) is 0.434. The SMILES string of the molecule is COc1ccc2nccc(CC(O)C(=O)NC[C@@H]3CN(c4ccc5c(c4)NC(=O)CS5)C(=O)O3)c2n1. The van der Waals surface area contributed by atoms with Crippen LogP contribution in [0.15, 0.2) is 47.5 Å². The largest absolute Gasteiger partial charge is 0.481 e. The van der Waals surface area contributed by atoms with E-state index < -0.39 is 24.2 Å². The number of fused-ring (bicyclic) bond motifs is 2. The van der Waals surface area contributed by atoms with Crippen molar-refractivity contribution in [2.24, 2.45) is 0 Å². The van der Waals surface area contributed by atoms with Crippen LogP contribution in [0.2, 0.25) is 0 Å². The van der Waals surface area contributed by atoms with Crippen molar-refractivity contribution in [2.45, 2.75) is 23.5 Å². The number of aliphatic hydroxyl groups excluding tert-OH is 1. The van der Waals surface area contributed by atoms with Gasteiger partial charge in [0.05, 0.1) is 42.7 Å². The summed E-state index contributed by atoms with van der Waals surface area (Å²) in [5.41, 5.74) is 3.06. The fourth-order valence-electron chi connectivity index (χ4n) is 4.05. The monoisotopic (exact) mass is 509 g/mol. The number of thioether (sulfide) groups is 1. The Labute approximate surface area is 210 Å². The molecule has 2 aliphatic rings. The van der Waals surface area contributed by atoms with E-state index in [4.69, 9.17) is 9.47 Å². The summed E-state index contributed by atoms with van der Waals surface area (Å²) in [6, 6.07) is 10.5. The van der Waals surface area contributed by atoms with Gasteiger partial charge in [-0.25, -0.2) is 9.78 Å². The first kappa shape index (κ1) is 23.8. The number of carbonyl (C=O) groups is 3. The molecule has 0 bridgehead atoms. The van der Waals surface area contributed by atoms with E-state index in [1.54, 1.807) is 36.5 Å². The van der Waals surface area contributed by atoms with Crippen LogP contribution in [-0.2, 0) is 20.7 Å². The lowest BCUT2D eigenvalue weighted by Gasteiger charge is -2.20. The van der Waals surface area contributed by atoms with Gasteiger partial charge in [0, 0.05) is 29.3 Å². The maximum absolute atomic E-state index is 12.6. The minimum Gasteiger partial charge on any atom is -0.481 e. The van der Waals surface area contributed by atoms with Crippen molar-refractivity contribution in [3.8, 4) is 5.88 Å². The van der Waals surface area contributed by atoms with Crippen molar-refractivity contribution >= 4 is 52.1 Å². The molecule has 3 aromatic rings. The van der Waals surface area contributed by atoms with E-state index in [-0.39, 0.29) is 25.4 Å². The maximum atomic E-state index is 12.6. The van der Waals surface area contributed by atoms with Gasteiger partial charge >= 0.3 is 6.09 Å². The minimum absolute atomic E-state index is 0.0282. The molecule has 1 unspecified atom stereocenters. The lowest BCUT2D eigenvalue weighted by Crippen LogP contribution is -2.41. The van der Waals surface area contributed by atoms with Gasteiger partial charge in [0.15, 0.2) is 0 Å². The zero-order chi connectivity index (χ0) is 25.2. The lowest BCUT2D eigenvalue weighted by atomic mass is 10.1. The fraction of sp³-hybridized carbons (Fsp3) is 0.292. The number of benzene rings is 1. The van der Waals surface area contributed by atoms with Crippen LogP contribution in [-0.4, -0.2) is 71.1 Å². The van der Waals surface area contributed by atoms with Crippen LogP contribution in [0.3, 0.4) is 0 Å². The van der Waals surface area contributed by atoms with E-state index in [0.29, 0.717) is 39.6 Å². The second kappa shape index (κ2) is 9.99. The van der Waals surface area contributed by atoms with Gasteiger partial charge in [0.2, 0.25) is 17.7 Å². The Morgan fingerprint density at radius 1 is 1.33 bits per heavy atom. The zero-order valence-corrected chi connectivity index (χ0v) is 20.1. The molecule has 36 heavy (non-hydrogen) atoms. The van der Waals surface area contributed by atoms with E-state index in [9.17, 15) is 19.5 Å². The van der Waals surface area contributed by atoms with Gasteiger partial charge in [-0.3, -0.25) is 19.5 Å². The highest BCUT2D eigenvalue weighted by atomic mass is 32.2. The number of cyclic esters (lactones) is 1. The standard InChI is InChI=1S/C24H23N5O6S/c1-34-21-5-3-16-22(28-21)13(6-7-25-16)8-18(30)23(32)26-10-15-11-29(24(33)35-15)14-2-4-19-17(9-14)27-20(31)12-36-19/h2-7,9,15,18,30H,8,10-12H2,1H3,(H,26,32)(H,27,31)/t15-,18?/m1/s1. The zero-order valence-electron chi connectivity index (χ0n) is 19.3. The number of hydrogen-bond donors (Lipinski definition) is 3. The third-order valence-electron chi connectivity index (χ3n) is 5.85. The minimum atomic E-state index is -1.33. The van der Waals surface area contributed by atoms with Crippen LogP contribution in [0.25, 0.3) is 11.0 Å². The number of nitrogens with zero attached hydrogens (tertiary/aromatic N) is 3. The van der Waals surface area contributed by atoms with Crippen molar-refractivity contribution in [2.75, 3.05) is 36.2 Å². The summed E-state index contributed by atoms with van der Waals surface area (Å²) in [6.45, 7) is 0.257. The molecule has 186 valence electrons. The molecule has 0 saturated carbocycles. The average molecular weight is 510 g/mol. The number of amides is 3. The highest BCUT2D eigenvalue weighted by Gasteiger charge is 2.33. The number of aliphatic hydroxyl groups is 1. The van der Waals surface area contributed by atoms with Crippen LogP contribution >= 0.6 is 11.8 Å². The van der Waals surface area contributed by atoms with E-state index >= 15 is 0 Å². The first-order chi connectivity index (χ1) is 17.4. The normalized spacial score (nSPS) is 17.8. The summed E-state index contributed by atoms with van der Waals surface area (Å²) in [5.74, 6) is 0.0742. The maximum Gasteiger partial charge on any atom is 0.414 e. The molecule has 1 aromatic carbocycles. The Balaban J connectivity index is 1.19. The second-order valence-corrected chi connectivity index (χ2v) is 9.31. The van der Waals surface area contributed by atoms with Gasteiger partial charge in [0.1, 0.15) is 12.2 Å². The number of methoxy groups -OCH3 is 1. The molecule has 1 fully saturated rings. The van der Waals surface area contributed by atoms with E-state index in [2.05, 4.69) is 20.6 Å². The molecule has 2 aromatic heterocycles. The topological polar surface area (TPSA) is 143 Å². The van der Waals surface area contributed by atoms with Gasteiger partial charge in [-0.2, -0.15) is 0 Å². The second-order valence-electron chi connectivity index (χ2n) is 8.29. The van der Waals surface area contributed by atoms with E-state index in [1.807, 2.05) is 6.07 Å². The molecule has 0 radical (unpaired) electrons. The summed E-state index contributed by atoms with van der Waals surface area (Å²) in [7, 11) is 1.51. The summed E-state index contributed by atoms with van der Waals surface area (Å²) in [6.07, 6.45) is -0.860. The van der Waals surface area contributed by atoms with Gasteiger partial charge < -0.3 is 25.2 Å². The van der Waals surface area contributed by atoms with Crippen LogP contribution in [0.4, 0.5) is 16.2 Å². The number of carbonyl (C=O) groups excluding carboxylic acids is 3. The molecule has 12 heteroatoms. The van der Waals surface area contributed by atoms with Crippen LogP contribution in [0.1, 0.15) is 5.56 Å². The van der Waals surface area contributed by atoms with Crippen molar-refractivity contribution in [3.05, 3.63) is 48.2 Å². The predicted molar refractivity (Wildman–Crippen MR) is 132 cm³/mol. The Bertz CT molecular complexity index is 1350. The van der Waals surface area contributed by atoms with Crippen molar-refractivity contribution < 1.29 is 29.0 Å². The summed E-state index contributed by atoms with van der Waals surface area (Å²) in [4.78, 5) is 47.7. The molecule has 4 heterocycles. The summed E-state index contributed by atoms with van der Waals surface area (Å²) in [5, 5.41) is 16.0. The van der Waals surface area contributed by atoms with Crippen LogP contribution in [0, 0.1) is 0 Å². The molecule has 2 atom stereocenters. The highest BCUT2D eigenvalue weighted by Crippen LogP contribution is 2.35. The third kappa shape index (κ3) is 4.90. The van der Waals surface area contributed by atoms with Crippen LogP contribution in [0.5, 0.6) is 5.88 Å². The van der Waals surface area contributed by atoms with E-state index in [1.165, 1.54) is 23.8 Å². The molecule has 3 amide bonds.